The van der Waals surface area contributed by atoms with E-state index in [0.29, 0.717) is 6.42 Å². The molecule has 10 heavy (non-hydrogen) atoms. The monoisotopic (exact) mass is 143 g/mol. The lowest BCUT2D eigenvalue weighted by molar-refractivity contribution is 0.0623. The van der Waals surface area contributed by atoms with E-state index in [1.807, 2.05) is 13.0 Å². The Bertz CT molecular complexity index is 119. The summed E-state index contributed by atoms with van der Waals surface area (Å²) in [5.74, 6) is -0.407. The van der Waals surface area contributed by atoms with Crippen LogP contribution in [0.5, 0.6) is 0 Å². The molecule has 0 aromatic heterocycles. The summed E-state index contributed by atoms with van der Waals surface area (Å²) in [7, 11) is 0. The molecule has 0 aliphatic heterocycles. The fourth-order valence-corrected chi connectivity index (χ4v) is 0.781. The quantitative estimate of drug-likeness (QED) is 0.594. The highest BCUT2D eigenvalue weighted by molar-refractivity contribution is 4.87. The molecule has 0 fully saturated rings. The highest BCUT2D eigenvalue weighted by Gasteiger charge is 2.15. The lowest BCUT2D eigenvalue weighted by Gasteiger charge is -2.11. The summed E-state index contributed by atoms with van der Waals surface area (Å²) in [5.41, 5.74) is 0. The second-order valence-electron chi connectivity index (χ2n) is 2.27. The zero-order valence-corrected chi connectivity index (χ0v) is 6.12. The highest BCUT2D eigenvalue weighted by Crippen LogP contribution is 2.09. The molecule has 0 aliphatic rings. The van der Waals surface area contributed by atoms with Crippen LogP contribution in [0.2, 0.25) is 0 Å². The first-order chi connectivity index (χ1) is 4.76. The average Bonchev–Trinajstić information content (AvgIpc) is 1.99. The van der Waals surface area contributed by atoms with E-state index in [2.05, 4.69) is 0 Å². The summed E-state index contributed by atoms with van der Waals surface area (Å²) in [6.45, 7) is 1.62. The lowest BCUT2D eigenvalue weighted by Crippen LogP contribution is -2.22. The van der Waals surface area contributed by atoms with Crippen LogP contribution in [0.4, 0.5) is 0 Å². The van der Waals surface area contributed by atoms with Crippen LogP contribution in [0.25, 0.3) is 0 Å². The van der Waals surface area contributed by atoms with Crippen molar-refractivity contribution in [3.8, 4) is 6.07 Å². The van der Waals surface area contributed by atoms with Gasteiger partial charge in [-0.2, -0.15) is 5.26 Å². The van der Waals surface area contributed by atoms with Gasteiger partial charge in [0.05, 0.1) is 24.7 Å². The van der Waals surface area contributed by atoms with Crippen molar-refractivity contribution in [3.05, 3.63) is 0 Å². The van der Waals surface area contributed by atoms with Gasteiger partial charge in [-0.05, 0) is 6.42 Å². The molecule has 0 rings (SSSR count). The van der Waals surface area contributed by atoms with Crippen molar-refractivity contribution in [2.75, 3.05) is 6.61 Å². The van der Waals surface area contributed by atoms with Gasteiger partial charge in [0.25, 0.3) is 0 Å². The zero-order valence-electron chi connectivity index (χ0n) is 6.12. The Morgan fingerprint density at radius 3 is 2.50 bits per heavy atom. The van der Waals surface area contributed by atoms with Crippen LogP contribution in [-0.4, -0.2) is 22.9 Å². The van der Waals surface area contributed by atoms with Crippen molar-refractivity contribution >= 4 is 0 Å². The normalized spacial score (nSPS) is 15.8. The van der Waals surface area contributed by atoms with E-state index in [4.69, 9.17) is 15.5 Å². The summed E-state index contributed by atoms with van der Waals surface area (Å²) in [6, 6.07) is 1.94. The zero-order chi connectivity index (χ0) is 7.98. The minimum atomic E-state index is -0.870. The Balaban J connectivity index is 3.71. The van der Waals surface area contributed by atoms with E-state index < -0.39 is 12.0 Å². The molecular weight excluding hydrogens is 130 g/mol. The summed E-state index contributed by atoms with van der Waals surface area (Å²) in [5, 5.41) is 25.9. The maximum Gasteiger partial charge on any atom is 0.0928 e. The molecule has 0 amide bonds. The van der Waals surface area contributed by atoms with Crippen molar-refractivity contribution in [2.45, 2.75) is 25.9 Å². The van der Waals surface area contributed by atoms with Crippen molar-refractivity contribution in [2.24, 2.45) is 5.92 Å². The number of hydrogen-bond donors (Lipinski definition) is 2. The van der Waals surface area contributed by atoms with E-state index >= 15 is 0 Å². The predicted octanol–water partition coefficient (Wildman–Crippen LogP) is 0.279. The van der Waals surface area contributed by atoms with E-state index in [-0.39, 0.29) is 6.61 Å². The Kier molecular flexibility index (Phi) is 4.91. The van der Waals surface area contributed by atoms with Gasteiger partial charge in [0.1, 0.15) is 0 Å². The second kappa shape index (κ2) is 5.21. The van der Waals surface area contributed by atoms with E-state index in [9.17, 15) is 0 Å². The van der Waals surface area contributed by atoms with Gasteiger partial charge in [-0.25, -0.2) is 0 Å². The molecule has 2 N–H and O–H groups in total. The molecule has 0 heterocycles. The molecule has 0 saturated carbocycles. The van der Waals surface area contributed by atoms with Crippen LogP contribution in [-0.2, 0) is 0 Å². The summed E-state index contributed by atoms with van der Waals surface area (Å²) in [6.07, 6.45) is 0.637. The average molecular weight is 143 g/mol. The maximum absolute atomic E-state index is 8.98. The SMILES string of the molecule is CCCC(C#N)C(O)CO. The fourth-order valence-electron chi connectivity index (χ4n) is 0.781. The standard InChI is InChI=1S/C7H13NO2/c1-2-3-6(4-8)7(10)5-9/h6-7,9-10H,2-3,5H2,1H3. The number of nitrogens with zero attached hydrogens (tertiary/aromatic N) is 1. The first-order valence-corrected chi connectivity index (χ1v) is 3.44. The molecule has 3 nitrogen and oxygen atoms in total. The van der Waals surface area contributed by atoms with Gasteiger partial charge in [-0.3, -0.25) is 0 Å². The second-order valence-corrected chi connectivity index (χ2v) is 2.27. The van der Waals surface area contributed by atoms with Gasteiger partial charge in [0.2, 0.25) is 0 Å². The molecule has 2 atom stereocenters. The number of aliphatic hydroxyl groups is 2. The first-order valence-electron chi connectivity index (χ1n) is 3.44. The topological polar surface area (TPSA) is 64.2 Å². The van der Waals surface area contributed by atoms with Gasteiger partial charge < -0.3 is 10.2 Å². The van der Waals surface area contributed by atoms with Crippen LogP contribution in [0, 0.1) is 17.2 Å². The Labute approximate surface area is 60.9 Å². The van der Waals surface area contributed by atoms with Gasteiger partial charge in [0, 0.05) is 0 Å². The van der Waals surface area contributed by atoms with E-state index in [0.717, 1.165) is 6.42 Å². The van der Waals surface area contributed by atoms with Crippen molar-refractivity contribution in [3.63, 3.8) is 0 Å². The third-order valence-electron chi connectivity index (χ3n) is 1.42. The largest absolute Gasteiger partial charge is 0.394 e. The molecule has 0 saturated heterocycles. The summed E-state index contributed by atoms with van der Waals surface area (Å²) < 4.78 is 0. The molecule has 0 spiro atoms. The maximum atomic E-state index is 8.98. The van der Waals surface area contributed by atoms with Gasteiger partial charge >= 0.3 is 0 Å². The van der Waals surface area contributed by atoms with Crippen molar-refractivity contribution in [1.29, 1.82) is 5.26 Å². The molecule has 0 radical (unpaired) electrons. The smallest absolute Gasteiger partial charge is 0.0928 e. The number of hydrogen-bond acceptors (Lipinski definition) is 3. The van der Waals surface area contributed by atoms with Gasteiger partial charge in [-0.1, -0.05) is 13.3 Å². The highest BCUT2D eigenvalue weighted by atomic mass is 16.3. The van der Waals surface area contributed by atoms with Crippen LogP contribution >= 0.6 is 0 Å². The molecule has 3 heteroatoms. The minimum absolute atomic E-state index is 0.321. The Morgan fingerprint density at radius 1 is 1.60 bits per heavy atom. The lowest BCUT2D eigenvalue weighted by atomic mass is 10.00. The van der Waals surface area contributed by atoms with Crippen LogP contribution in [0.1, 0.15) is 19.8 Å². The number of rotatable bonds is 4. The van der Waals surface area contributed by atoms with Crippen molar-refractivity contribution < 1.29 is 10.2 Å². The third-order valence-corrected chi connectivity index (χ3v) is 1.42. The van der Waals surface area contributed by atoms with E-state index in [1.54, 1.807) is 0 Å². The molecule has 58 valence electrons. The van der Waals surface area contributed by atoms with Crippen LogP contribution < -0.4 is 0 Å². The van der Waals surface area contributed by atoms with Crippen LogP contribution in [0.15, 0.2) is 0 Å². The summed E-state index contributed by atoms with van der Waals surface area (Å²) in [4.78, 5) is 0. The fraction of sp³-hybridized carbons (Fsp3) is 0.857. The summed E-state index contributed by atoms with van der Waals surface area (Å²) >= 11 is 0. The molecule has 0 aliphatic carbocycles. The van der Waals surface area contributed by atoms with Crippen LogP contribution in [0.3, 0.4) is 0 Å². The van der Waals surface area contributed by atoms with Gasteiger partial charge in [-0.15, -0.1) is 0 Å². The third kappa shape index (κ3) is 2.81. The molecule has 0 aromatic carbocycles. The number of nitriles is 1. The molecular formula is C7H13NO2. The molecule has 0 bridgehead atoms. The predicted molar refractivity (Wildman–Crippen MR) is 37.1 cm³/mol. The molecule has 2 unspecified atom stereocenters. The number of aliphatic hydroxyl groups excluding tert-OH is 2. The van der Waals surface area contributed by atoms with E-state index in [1.165, 1.54) is 0 Å². The van der Waals surface area contributed by atoms with Crippen molar-refractivity contribution in [1.82, 2.24) is 0 Å². The van der Waals surface area contributed by atoms with Gasteiger partial charge in [0.15, 0.2) is 0 Å². The minimum Gasteiger partial charge on any atom is -0.394 e. The molecule has 0 aromatic rings. The first kappa shape index (κ1) is 9.41. The Hall–Kier alpha value is -0.590. The Morgan fingerprint density at radius 2 is 2.20 bits per heavy atom.